The first-order valence-electron chi connectivity index (χ1n) is 15.2. The molecule has 0 bridgehead atoms. The molecule has 3 aromatic rings. The fourth-order valence-electron chi connectivity index (χ4n) is 4.60. The first-order chi connectivity index (χ1) is 26.2. The molecule has 0 saturated heterocycles. The van der Waals surface area contributed by atoms with Gasteiger partial charge in [-0.05, 0) is 49.2 Å². The third-order valence-electron chi connectivity index (χ3n) is 7.53. The summed E-state index contributed by atoms with van der Waals surface area (Å²) in [6, 6.07) is 32.2. The SMILES string of the molecule is O=C(OCCCCCl)C(C(F)(F)C(F)(F)C(F)(F)C(F)(F)F)(C(F)(F)C(F)(F)C(F)(F)C(F)(F)F)S(=O)(=O)[O-].c1ccc([S+](c2ccccc2)c2ccccc2)cc1. The Bertz CT molecular complexity index is 1770. The molecule has 0 N–H and O–H groups in total. The van der Waals surface area contributed by atoms with E-state index in [1.807, 2.05) is 0 Å². The topological polar surface area (TPSA) is 83.5 Å². The molecule has 3 rings (SSSR count). The molecule has 0 aliphatic heterocycles. The summed E-state index contributed by atoms with van der Waals surface area (Å²) < 4.78 is 270. The van der Waals surface area contributed by atoms with Crippen LogP contribution in [0.2, 0.25) is 0 Å². The monoisotopic (exact) mass is 928 g/mol. The zero-order valence-electron chi connectivity index (χ0n) is 28.0. The molecule has 0 aliphatic carbocycles. The highest BCUT2D eigenvalue weighted by atomic mass is 35.5. The highest BCUT2D eigenvalue weighted by molar-refractivity contribution is 7.97. The first-order valence-corrected chi connectivity index (χ1v) is 18.3. The van der Waals surface area contributed by atoms with E-state index in [0.29, 0.717) is 0 Å². The molecular weight excluding hydrogens is 906 g/mol. The van der Waals surface area contributed by atoms with Gasteiger partial charge in [0.05, 0.1) is 17.5 Å². The molecule has 0 heterocycles. The maximum Gasteiger partial charge on any atom is 0.460 e. The van der Waals surface area contributed by atoms with Crippen molar-refractivity contribution in [2.75, 3.05) is 12.5 Å². The van der Waals surface area contributed by atoms with Gasteiger partial charge < -0.3 is 9.29 Å². The van der Waals surface area contributed by atoms with Gasteiger partial charge in [-0.25, -0.2) is 13.2 Å². The van der Waals surface area contributed by atoms with Gasteiger partial charge in [0.2, 0.25) is 0 Å². The van der Waals surface area contributed by atoms with E-state index in [1.165, 1.54) is 14.7 Å². The Balaban J connectivity index is 0.000000499. The fourth-order valence-corrected chi connectivity index (χ4v) is 8.04. The predicted octanol–water partition coefficient (Wildman–Crippen LogP) is 10.6. The van der Waals surface area contributed by atoms with E-state index in [0.717, 1.165) is 0 Å². The lowest BCUT2D eigenvalue weighted by molar-refractivity contribution is -0.428. The van der Waals surface area contributed by atoms with Crippen molar-refractivity contribution in [3.05, 3.63) is 91.0 Å². The summed E-state index contributed by atoms with van der Waals surface area (Å²) in [7, 11) is -9.19. The highest BCUT2D eigenvalue weighted by Gasteiger charge is 2.99. The lowest BCUT2D eigenvalue weighted by Gasteiger charge is -2.49. The van der Waals surface area contributed by atoms with Crippen LogP contribution in [0.1, 0.15) is 12.8 Å². The number of carbonyl (C=O) groups excluding carboxylic acids is 1. The Labute approximate surface area is 323 Å². The van der Waals surface area contributed by atoms with Gasteiger partial charge in [0, 0.05) is 5.88 Å². The third kappa shape index (κ3) is 8.81. The second-order valence-corrected chi connectivity index (χ2v) is 15.3. The second kappa shape index (κ2) is 17.6. The van der Waals surface area contributed by atoms with E-state index < -0.39 is 94.1 Å². The van der Waals surface area contributed by atoms with Crippen LogP contribution in [0.4, 0.5) is 79.0 Å². The van der Waals surface area contributed by atoms with Gasteiger partial charge in [-0.3, -0.25) is 0 Å². The van der Waals surface area contributed by atoms with Crippen LogP contribution in [0.25, 0.3) is 0 Å². The Hall–Kier alpha value is -3.58. The molecule has 326 valence electrons. The van der Waals surface area contributed by atoms with Gasteiger partial charge in [-0.2, -0.15) is 79.0 Å². The summed E-state index contributed by atoms with van der Waals surface area (Å²) in [6.45, 7) is -1.97. The molecule has 0 fully saturated rings. The summed E-state index contributed by atoms with van der Waals surface area (Å²) in [4.78, 5) is 16.0. The van der Waals surface area contributed by atoms with Gasteiger partial charge in [0.15, 0.2) is 14.7 Å². The number of alkyl halides is 19. The van der Waals surface area contributed by atoms with Gasteiger partial charge in [-0.1, -0.05) is 54.6 Å². The summed E-state index contributed by atoms with van der Waals surface area (Å²) in [5.74, 6) is -58.7. The number of ether oxygens (including phenoxy) is 1. The quantitative estimate of drug-likeness (QED) is 0.0379. The molecule has 5 nitrogen and oxygen atoms in total. The smallest absolute Gasteiger partial charge is 0.460 e. The molecular formula is C32H23ClF18O5S2. The summed E-state index contributed by atoms with van der Waals surface area (Å²) in [6.07, 6.45) is -17.8. The minimum absolute atomic E-state index is 0.0146. The lowest BCUT2D eigenvalue weighted by Crippen LogP contribution is -2.83. The van der Waals surface area contributed by atoms with Crippen molar-refractivity contribution in [2.24, 2.45) is 0 Å². The molecule has 0 spiro atoms. The number of halogens is 19. The largest absolute Gasteiger partial charge is 0.747 e. The molecule has 0 radical (unpaired) electrons. The highest BCUT2D eigenvalue weighted by Crippen LogP contribution is 2.66. The first kappa shape index (κ1) is 50.6. The van der Waals surface area contributed by atoms with Gasteiger partial charge in [0.1, 0.15) is 10.1 Å². The number of rotatable bonds is 15. The zero-order valence-corrected chi connectivity index (χ0v) is 30.4. The number of benzene rings is 3. The summed E-state index contributed by atoms with van der Waals surface area (Å²) in [5, 5.41) is 0. The van der Waals surface area contributed by atoms with E-state index in [1.54, 1.807) is 0 Å². The Morgan fingerprint density at radius 1 is 0.517 bits per heavy atom. The van der Waals surface area contributed by atoms with Crippen LogP contribution in [-0.2, 0) is 30.5 Å². The van der Waals surface area contributed by atoms with Crippen molar-refractivity contribution in [1.29, 1.82) is 0 Å². The van der Waals surface area contributed by atoms with Crippen molar-refractivity contribution in [3.63, 3.8) is 0 Å². The maximum absolute atomic E-state index is 14.6. The van der Waals surface area contributed by atoms with Crippen molar-refractivity contribution in [2.45, 2.75) is 80.2 Å². The minimum atomic E-state index is -9.17. The molecule has 0 saturated carbocycles. The van der Waals surface area contributed by atoms with Gasteiger partial charge in [0.25, 0.3) is 4.75 Å². The lowest BCUT2D eigenvalue weighted by atomic mass is 9.81. The molecule has 0 amide bonds. The number of hydrogen-bond donors (Lipinski definition) is 0. The molecule has 58 heavy (non-hydrogen) atoms. The second-order valence-electron chi connectivity index (χ2n) is 11.4. The van der Waals surface area contributed by atoms with Crippen molar-refractivity contribution in [3.8, 4) is 0 Å². The molecule has 0 unspecified atom stereocenters. The van der Waals surface area contributed by atoms with E-state index in [-0.39, 0.29) is 10.9 Å². The molecule has 0 aromatic heterocycles. The normalized spacial score (nSPS) is 14.2. The van der Waals surface area contributed by atoms with Crippen molar-refractivity contribution < 1.29 is 102 Å². The Kier molecular flexibility index (Phi) is 15.3. The Morgan fingerprint density at radius 2 is 0.810 bits per heavy atom. The summed E-state index contributed by atoms with van der Waals surface area (Å²) >= 11 is 5.03. The van der Waals surface area contributed by atoms with Crippen molar-refractivity contribution in [1.82, 2.24) is 0 Å². The van der Waals surface area contributed by atoms with E-state index in [2.05, 4.69) is 95.7 Å². The fraction of sp³-hybridized carbons (Fsp3) is 0.406. The molecule has 0 aliphatic rings. The number of hydrogen-bond acceptors (Lipinski definition) is 5. The van der Waals surface area contributed by atoms with E-state index in [9.17, 15) is 96.8 Å². The number of esters is 1. The average Bonchev–Trinajstić information content (AvgIpc) is 3.10. The van der Waals surface area contributed by atoms with Gasteiger partial charge in [-0.15, -0.1) is 11.6 Å². The van der Waals surface area contributed by atoms with Crippen LogP contribution in [0.5, 0.6) is 0 Å². The van der Waals surface area contributed by atoms with E-state index >= 15 is 0 Å². The molecule has 26 heteroatoms. The third-order valence-corrected chi connectivity index (χ3v) is 11.5. The molecule has 3 aromatic carbocycles. The zero-order chi connectivity index (χ0) is 45.0. The van der Waals surface area contributed by atoms with Crippen molar-refractivity contribution >= 4 is 38.6 Å². The van der Waals surface area contributed by atoms with E-state index in [4.69, 9.17) is 11.6 Å². The minimum Gasteiger partial charge on any atom is -0.747 e. The van der Waals surface area contributed by atoms with Crippen LogP contribution >= 0.6 is 11.6 Å². The number of carbonyl (C=O) groups is 1. The Morgan fingerprint density at radius 3 is 1.05 bits per heavy atom. The number of unbranched alkanes of at least 4 members (excludes halogenated alkanes) is 1. The standard InChI is InChI=1S/C18H15S.C14H9ClF18O5S/c1-4-10-16(11-5-1)19(17-12-6-2-7-13-17)18-14-8-3-9-15-18;15-3-1-2-4-38-5(34)6(39(35,36)37,7(16,17)9(20,21)11(24,25)13(28,29)30)8(18,19)10(22,23)12(26,27)14(31,32)33/h1-15H;1-4H2,(H,35,36,37)/q+1;/p-1. The van der Waals surface area contributed by atoms with Crippen LogP contribution in [0.3, 0.4) is 0 Å². The van der Waals surface area contributed by atoms with Crippen LogP contribution in [0, 0.1) is 0 Å². The maximum atomic E-state index is 14.6. The molecule has 0 atom stereocenters. The van der Waals surface area contributed by atoms with Gasteiger partial charge >= 0.3 is 53.9 Å². The van der Waals surface area contributed by atoms with Crippen LogP contribution in [-0.4, -0.2) is 84.1 Å². The van der Waals surface area contributed by atoms with Crippen LogP contribution in [0.15, 0.2) is 106 Å². The summed E-state index contributed by atoms with van der Waals surface area (Å²) in [5.41, 5.74) is 0. The predicted molar refractivity (Wildman–Crippen MR) is 167 cm³/mol. The van der Waals surface area contributed by atoms with Crippen LogP contribution < -0.4 is 0 Å². The average molecular weight is 929 g/mol.